The number of aliphatic carboxylic acids is 5. The fourth-order valence-corrected chi connectivity index (χ4v) is 6.05. The number of carboxylic acids is 5. The minimum Gasteiger partial charge on any atom is -0.481 e. The van der Waals surface area contributed by atoms with E-state index >= 15 is 0 Å². The summed E-state index contributed by atoms with van der Waals surface area (Å²) in [5, 5.41) is 61.3. The summed E-state index contributed by atoms with van der Waals surface area (Å²) in [5.74, 6) is -14.4. The Morgan fingerprint density at radius 2 is 1.02 bits per heavy atom. The van der Waals surface area contributed by atoms with Crippen LogP contribution < -0.4 is 37.6 Å². The number of fused-ring (bicyclic) bond motifs is 1. The highest BCUT2D eigenvalue weighted by molar-refractivity contribution is 5.98. The van der Waals surface area contributed by atoms with Gasteiger partial charge in [0.2, 0.25) is 35.4 Å². The van der Waals surface area contributed by atoms with Gasteiger partial charge < -0.3 is 68.2 Å². The quantitative estimate of drug-likeness (QED) is 0.0447. The highest BCUT2D eigenvalue weighted by Gasteiger charge is 2.36. The summed E-state index contributed by atoms with van der Waals surface area (Å²) in [4.78, 5) is 142. The monoisotopic (exact) mass is 890 g/mol. The van der Waals surface area contributed by atoms with Crippen LogP contribution in [0.3, 0.4) is 0 Å². The third kappa shape index (κ3) is 17.4. The number of H-pyrrole nitrogens is 1. The summed E-state index contributed by atoms with van der Waals surface area (Å²) in [6.07, 6.45) is -3.55. The van der Waals surface area contributed by atoms with Crippen LogP contribution in [0.4, 0.5) is 0 Å². The van der Waals surface area contributed by atoms with E-state index in [0.717, 1.165) is 0 Å². The van der Waals surface area contributed by atoms with Gasteiger partial charge in [0.05, 0.1) is 12.5 Å². The fraction of sp³-hybridized carbons (Fsp3) is 0.513. The molecular weight excluding hydrogens is 836 g/mol. The number of benzene rings is 1. The van der Waals surface area contributed by atoms with E-state index in [1.54, 1.807) is 38.1 Å². The Bertz CT molecular complexity index is 2020. The number of amides is 6. The Hall–Kier alpha value is -7.11. The second-order valence-corrected chi connectivity index (χ2v) is 14.8. The van der Waals surface area contributed by atoms with Gasteiger partial charge in [-0.15, -0.1) is 0 Å². The Morgan fingerprint density at radius 3 is 1.49 bits per heavy atom. The molecular formula is C39H54N8O16. The van der Waals surface area contributed by atoms with Crippen LogP contribution in [0, 0.1) is 5.92 Å². The van der Waals surface area contributed by atoms with E-state index in [0.29, 0.717) is 22.9 Å². The van der Waals surface area contributed by atoms with Crippen LogP contribution in [-0.4, -0.2) is 138 Å². The lowest BCUT2D eigenvalue weighted by Crippen LogP contribution is -2.61. The molecule has 6 amide bonds. The molecule has 8 atom stereocenters. The molecule has 1 aromatic carbocycles. The van der Waals surface area contributed by atoms with Crippen molar-refractivity contribution in [2.24, 2.45) is 11.7 Å². The van der Waals surface area contributed by atoms with E-state index < -0.39 is 158 Å². The second kappa shape index (κ2) is 25.0. The highest BCUT2D eigenvalue weighted by atomic mass is 16.4. The van der Waals surface area contributed by atoms with Crippen molar-refractivity contribution < 1.29 is 78.3 Å². The molecule has 0 aliphatic heterocycles. The molecule has 346 valence electrons. The van der Waals surface area contributed by atoms with Crippen LogP contribution in [0.15, 0.2) is 30.5 Å². The maximum atomic E-state index is 14.2. The number of rotatable bonds is 28. The van der Waals surface area contributed by atoms with Gasteiger partial charge in [0.25, 0.3) is 0 Å². The van der Waals surface area contributed by atoms with Crippen LogP contribution in [0.2, 0.25) is 0 Å². The number of nitrogens with two attached hydrogens (primary N) is 1. The number of hydrogen-bond donors (Lipinski definition) is 13. The average molecular weight is 891 g/mol. The Kier molecular flexibility index (Phi) is 20.6. The number of carbonyl (C=O) groups is 11. The lowest BCUT2D eigenvalue weighted by atomic mass is 9.97. The third-order valence-electron chi connectivity index (χ3n) is 9.77. The van der Waals surface area contributed by atoms with E-state index in [-0.39, 0.29) is 6.42 Å². The number of nitrogens with one attached hydrogen (secondary N) is 7. The molecule has 0 aliphatic rings. The first-order valence-corrected chi connectivity index (χ1v) is 19.8. The van der Waals surface area contributed by atoms with E-state index in [1.165, 1.54) is 13.1 Å². The van der Waals surface area contributed by atoms with Crippen LogP contribution in [0.5, 0.6) is 0 Å². The lowest BCUT2D eigenvalue weighted by molar-refractivity contribution is -0.144. The second-order valence-electron chi connectivity index (χ2n) is 14.8. The molecule has 2 rings (SSSR count). The minimum absolute atomic E-state index is 0.348. The zero-order valence-corrected chi connectivity index (χ0v) is 34.7. The van der Waals surface area contributed by atoms with Crippen molar-refractivity contribution in [3.05, 3.63) is 36.0 Å². The fourth-order valence-electron chi connectivity index (χ4n) is 6.05. The molecule has 14 N–H and O–H groups in total. The topological polar surface area (TPSA) is 403 Å². The standard InChI is InChI=1S/C39H54N8O16/c1-4-18(2)32(47-33(56)19(3)40)38(61)46-27(16-31(54)55)37(60)45-26(15-20-17-41-22-8-6-5-7-21(20)22)36(59)43-23(9-12-28(48)49)34(57)42-24(10-13-29(50)51)35(58)44-25(39(62)63)11-14-30(52)53/h5-8,17-19,23-27,32,41H,4,9-16,40H2,1-3H3,(H,42,57)(H,43,59)(H,44,58)(H,45,60)(H,46,61)(H,47,56)(H,48,49)(H,50,51)(H,52,53)(H,54,55)(H,62,63)/t18-,19-,23-,24-,25-,26-,27-,32-/m0/s1. The average Bonchev–Trinajstić information content (AvgIpc) is 3.62. The summed E-state index contributed by atoms with van der Waals surface area (Å²) < 4.78 is 0. The summed E-state index contributed by atoms with van der Waals surface area (Å²) in [5.41, 5.74) is 6.69. The highest BCUT2D eigenvalue weighted by Crippen LogP contribution is 2.20. The molecule has 0 saturated heterocycles. The van der Waals surface area contributed by atoms with Crippen molar-refractivity contribution in [1.29, 1.82) is 0 Å². The van der Waals surface area contributed by atoms with Crippen molar-refractivity contribution >= 4 is 76.2 Å². The van der Waals surface area contributed by atoms with Gasteiger partial charge in [0.1, 0.15) is 36.3 Å². The number of carbonyl (C=O) groups excluding carboxylic acids is 6. The summed E-state index contributed by atoms with van der Waals surface area (Å²) in [6.45, 7) is 4.70. The van der Waals surface area contributed by atoms with Crippen LogP contribution in [0.25, 0.3) is 10.9 Å². The van der Waals surface area contributed by atoms with Gasteiger partial charge in [-0.1, -0.05) is 38.5 Å². The molecule has 2 aromatic rings. The molecule has 0 fully saturated rings. The lowest BCUT2D eigenvalue weighted by Gasteiger charge is -2.28. The molecule has 0 aliphatic carbocycles. The first-order valence-electron chi connectivity index (χ1n) is 19.8. The molecule has 0 unspecified atom stereocenters. The van der Waals surface area contributed by atoms with Crippen molar-refractivity contribution in [3.8, 4) is 0 Å². The zero-order valence-electron chi connectivity index (χ0n) is 34.7. The molecule has 0 spiro atoms. The van der Waals surface area contributed by atoms with Crippen LogP contribution in [-0.2, 0) is 59.2 Å². The molecule has 0 radical (unpaired) electrons. The van der Waals surface area contributed by atoms with Gasteiger partial charge in [0.15, 0.2) is 0 Å². The van der Waals surface area contributed by atoms with E-state index in [1.807, 2.05) is 5.32 Å². The van der Waals surface area contributed by atoms with Crippen LogP contribution in [0.1, 0.15) is 77.7 Å². The molecule has 1 heterocycles. The maximum Gasteiger partial charge on any atom is 0.326 e. The van der Waals surface area contributed by atoms with Gasteiger partial charge in [-0.05, 0) is 43.7 Å². The molecule has 1 aromatic heterocycles. The van der Waals surface area contributed by atoms with Gasteiger partial charge in [-0.25, -0.2) is 4.79 Å². The molecule has 0 saturated carbocycles. The van der Waals surface area contributed by atoms with Gasteiger partial charge in [-0.2, -0.15) is 0 Å². The smallest absolute Gasteiger partial charge is 0.326 e. The molecule has 24 nitrogen and oxygen atoms in total. The van der Waals surface area contributed by atoms with Gasteiger partial charge in [0, 0.05) is 42.8 Å². The third-order valence-corrected chi connectivity index (χ3v) is 9.77. The summed E-state index contributed by atoms with van der Waals surface area (Å²) in [6, 6.07) is -4.46. The predicted octanol–water partition coefficient (Wildman–Crippen LogP) is -1.83. The number of aromatic amines is 1. The number of para-hydroxylation sites is 1. The van der Waals surface area contributed by atoms with Gasteiger partial charge >= 0.3 is 29.8 Å². The van der Waals surface area contributed by atoms with Crippen molar-refractivity contribution in [2.45, 2.75) is 121 Å². The van der Waals surface area contributed by atoms with E-state index in [4.69, 9.17) is 10.8 Å². The molecule has 63 heavy (non-hydrogen) atoms. The van der Waals surface area contributed by atoms with Crippen molar-refractivity contribution in [2.75, 3.05) is 0 Å². The normalized spacial score (nSPS) is 14.8. The Balaban J connectivity index is 2.54. The van der Waals surface area contributed by atoms with Gasteiger partial charge in [-0.3, -0.25) is 47.9 Å². The molecule has 0 bridgehead atoms. The number of carboxylic acid groups (broad SMARTS) is 5. The van der Waals surface area contributed by atoms with Crippen LogP contribution >= 0.6 is 0 Å². The first-order chi connectivity index (χ1) is 29.5. The minimum atomic E-state index is -1.85. The Morgan fingerprint density at radius 1 is 0.571 bits per heavy atom. The zero-order chi connectivity index (χ0) is 47.6. The largest absolute Gasteiger partial charge is 0.481 e. The molecule has 24 heteroatoms. The van der Waals surface area contributed by atoms with Crippen molar-refractivity contribution in [1.82, 2.24) is 36.9 Å². The van der Waals surface area contributed by atoms with Crippen molar-refractivity contribution in [3.63, 3.8) is 0 Å². The summed E-state index contributed by atoms with van der Waals surface area (Å²) >= 11 is 0. The van der Waals surface area contributed by atoms with E-state index in [9.17, 15) is 73.2 Å². The Labute approximate surface area is 359 Å². The predicted molar refractivity (Wildman–Crippen MR) is 217 cm³/mol. The van der Waals surface area contributed by atoms with E-state index in [2.05, 4.69) is 31.6 Å². The summed E-state index contributed by atoms with van der Waals surface area (Å²) in [7, 11) is 0. The SMILES string of the molecule is CC[C@H](C)[C@H](NC(=O)[C@H](C)N)C(=O)N[C@@H](CC(=O)O)C(=O)N[C@@H](Cc1c[nH]c2ccccc12)C(=O)N[C@@H](CCC(=O)O)C(=O)N[C@@H](CCC(=O)O)C(=O)N[C@@H](CCC(=O)O)C(=O)O. The first kappa shape index (κ1) is 52.0. The maximum absolute atomic E-state index is 14.2. The number of hydrogen-bond acceptors (Lipinski definition) is 12. The number of aromatic nitrogens is 1.